The highest BCUT2D eigenvalue weighted by Gasteiger charge is 2.25. The molecule has 0 saturated heterocycles. The van der Waals surface area contributed by atoms with Gasteiger partial charge >= 0.3 is 0 Å². The van der Waals surface area contributed by atoms with Crippen molar-refractivity contribution in [2.24, 2.45) is 0 Å². The van der Waals surface area contributed by atoms with Crippen molar-refractivity contribution in [3.63, 3.8) is 0 Å². The monoisotopic (exact) mass is 328 g/mol. The molecule has 1 aromatic carbocycles. The second kappa shape index (κ2) is 6.38. The molecule has 128 valence electrons. The number of fused-ring (bicyclic) bond motifs is 1. The minimum atomic E-state index is 0.0191. The van der Waals surface area contributed by atoms with Crippen molar-refractivity contribution in [3.8, 4) is 11.5 Å². The van der Waals surface area contributed by atoms with Gasteiger partial charge in [-0.3, -0.25) is 9.89 Å². The zero-order valence-corrected chi connectivity index (χ0v) is 14.1. The van der Waals surface area contributed by atoms with E-state index in [0.717, 1.165) is 54.9 Å². The Morgan fingerprint density at radius 2 is 1.92 bits per heavy atom. The van der Waals surface area contributed by atoms with Gasteiger partial charge in [-0.25, -0.2) is 0 Å². The first-order chi connectivity index (χ1) is 11.7. The summed E-state index contributed by atoms with van der Waals surface area (Å²) in [6, 6.07) is 6.22. The van der Waals surface area contributed by atoms with Gasteiger partial charge in [-0.05, 0) is 68.6 Å². The summed E-state index contributed by atoms with van der Waals surface area (Å²) in [4.78, 5) is 11.9. The first-order valence-electron chi connectivity index (χ1n) is 8.87. The third-order valence-corrected chi connectivity index (χ3v) is 5.41. The van der Waals surface area contributed by atoms with Crippen molar-refractivity contribution in [2.75, 3.05) is 7.11 Å². The van der Waals surface area contributed by atoms with E-state index < -0.39 is 0 Å². The fraction of sp³-hybridized carbons (Fsp3) is 0.526. The molecule has 0 aliphatic heterocycles. The van der Waals surface area contributed by atoms with Crippen molar-refractivity contribution in [1.82, 2.24) is 10.2 Å². The number of hydrogen-bond donors (Lipinski definition) is 2. The van der Waals surface area contributed by atoms with E-state index in [0.29, 0.717) is 12.0 Å². The summed E-state index contributed by atoms with van der Waals surface area (Å²) in [6.07, 6.45) is 7.77. The molecule has 5 nitrogen and oxygen atoms in total. The maximum Gasteiger partial charge on any atom is 0.267 e. The van der Waals surface area contributed by atoms with Crippen LogP contribution < -0.4 is 15.0 Å². The molecule has 0 bridgehead atoms. The van der Waals surface area contributed by atoms with Gasteiger partial charge in [0.2, 0.25) is 0 Å². The molecule has 2 N–H and O–H groups in total. The molecule has 1 saturated carbocycles. The third-order valence-electron chi connectivity index (χ3n) is 5.41. The molecule has 1 aromatic heterocycles. The molecule has 4 rings (SSSR count). The zero-order valence-electron chi connectivity index (χ0n) is 14.1. The Morgan fingerprint density at radius 1 is 1.08 bits per heavy atom. The van der Waals surface area contributed by atoms with Crippen LogP contribution in [0, 0.1) is 0 Å². The molecule has 0 radical (unpaired) electrons. The van der Waals surface area contributed by atoms with Crippen LogP contribution in [0.2, 0.25) is 0 Å². The third kappa shape index (κ3) is 2.83. The fourth-order valence-corrected chi connectivity index (χ4v) is 4.03. The van der Waals surface area contributed by atoms with Crippen molar-refractivity contribution < 1.29 is 9.47 Å². The predicted molar refractivity (Wildman–Crippen MR) is 92.1 cm³/mol. The lowest BCUT2D eigenvalue weighted by Gasteiger charge is -2.23. The summed E-state index contributed by atoms with van der Waals surface area (Å²) < 4.78 is 11.7. The Balaban J connectivity index is 1.59. The molecule has 1 unspecified atom stereocenters. The average molecular weight is 328 g/mol. The predicted octanol–water partition coefficient (Wildman–Crippen LogP) is 3.31. The van der Waals surface area contributed by atoms with Crippen LogP contribution >= 0.6 is 0 Å². The van der Waals surface area contributed by atoms with Crippen LogP contribution in [-0.2, 0) is 12.8 Å². The van der Waals surface area contributed by atoms with Crippen LogP contribution in [0.4, 0.5) is 0 Å². The van der Waals surface area contributed by atoms with E-state index in [4.69, 9.17) is 9.47 Å². The van der Waals surface area contributed by atoms with E-state index >= 15 is 0 Å². The Morgan fingerprint density at radius 3 is 2.71 bits per heavy atom. The van der Waals surface area contributed by atoms with Crippen LogP contribution in [0.5, 0.6) is 11.5 Å². The lowest BCUT2D eigenvalue weighted by Crippen LogP contribution is -2.18. The largest absolute Gasteiger partial charge is 0.493 e. The van der Waals surface area contributed by atoms with Gasteiger partial charge in [0.05, 0.1) is 13.2 Å². The van der Waals surface area contributed by atoms with Gasteiger partial charge in [0.15, 0.2) is 11.5 Å². The lowest BCUT2D eigenvalue weighted by atomic mass is 9.83. The fourth-order valence-electron chi connectivity index (χ4n) is 4.03. The molecule has 1 atom stereocenters. The summed E-state index contributed by atoms with van der Waals surface area (Å²) in [5.74, 6) is 1.99. The van der Waals surface area contributed by atoms with Gasteiger partial charge in [-0.15, -0.1) is 0 Å². The first kappa shape index (κ1) is 15.4. The van der Waals surface area contributed by atoms with Crippen LogP contribution in [0.25, 0.3) is 0 Å². The second-order valence-electron chi connectivity index (χ2n) is 6.91. The second-order valence-corrected chi connectivity index (χ2v) is 6.91. The highest BCUT2D eigenvalue weighted by atomic mass is 16.5. The van der Waals surface area contributed by atoms with Crippen molar-refractivity contribution in [1.29, 1.82) is 0 Å². The Labute approximate surface area is 141 Å². The molecule has 24 heavy (non-hydrogen) atoms. The van der Waals surface area contributed by atoms with E-state index in [2.05, 4.69) is 22.3 Å². The van der Waals surface area contributed by atoms with Gasteiger partial charge in [0, 0.05) is 11.3 Å². The van der Waals surface area contributed by atoms with Crippen LogP contribution in [0.15, 0.2) is 23.0 Å². The topological polar surface area (TPSA) is 67.1 Å². The number of aromatic nitrogens is 2. The zero-order chi connectivity index (χ0) is 16.5. The molecular weight excluding hydrogens is 304 g/mol. The number of aryl methyl sites for hydroxylation is 1. The van der Waals surface area contributed by atoms with Gasteiger partial charge in [-0.1, -0.05) is 6.07 Å². The SMILES string of the molecule is COc1ccc(C2CCc3[nH][nH]c(=O)c3C2)cc1OC1CCCC1. The number of hydrogen-bond acceptors (Lipinski definition) is 3. The minimum Gasteiger partial charge on any atom is -0.493 e. The summed E-state index contributed by atoms with van der Waals surface area (Å²) in [5.41, 5.74) is 3.22. The smallest absolute Gasteiger partial charge is 0.267 e. The van der Waals surface area contributed by atoms with Gasteiger partial charge in [0.1, 0.15) is 0 Å². The quantitative estimate of drug-likeness (QED) is 0.905. The maximum absolute atomic E-state index is 11.9. The van der Waals surface area contributed by atoms with E-state index in [1.54, 1.807) is 7.11 Å². The van der Waals surface area contributed by atoms with Crippen molar-refractivity contribution in [3.05, 3.63) is 45.4 Å². The summed E-state index contributed by atoms with van der Waals surface area (Å²) >= 11 is 0. The van der Waals surface area contributed by atoms with Gasteiger partial charge < -0.3 is 14.6 Å². The van der Waals surface area contributed by atoms with Crippen molar-refractivity contribution >= 4 is 0 Å². The van der Waals surface area contributed by atoms with Gasteiger partial charge in [0.25, 0.3) is 5.56 Å². The molecule has 2 aromatic rings. The Kier molecular flexibility index (Phi) is 4.08. The summed E-state index contributed by atoms with van der Waals surface area (Å²) in [5, 5.41) is 5.70. The number of nitrogens with one attached hydrogen (secondary N) is 2. The number of benzene rings is 1. The molecule has 1 heterocycles. The van der Waals surface area contributed by atoms with Gasteiger partial charge in [-0.2, -0.15) is 0 Å². The van der Waals surface area contributed by atoms with E-state index in [-0.39, 0.29) is 5.56 Å². The van der Waals surface area contributed by atoms with E-state index in [1.807, 2.05) is 6.07 Å². The summed E-state index contributed by atoms with van der Waals surface area (Å²) in [7, 11) is 1.68. The number of ether oxygens (including phenoxy) is 2. The normalized spacial score (nSPS) is 20.8. The molecule has 0 spiro atoms. The molecule has 0 amide bonds. The number of aromatic amines is 2. The molecule has 5 heteroatoms. The van der Waals surface area contributed by atoms with E-state index in [9.17, 15) is 4.79 Å². The van der Waals surface area contributed by atoms with Crippen LogP contribution in [0.3, 0.4) is 0 Å². The maximum atomic E-state index is 11.9. The van der Waals surface area contributed by atoms with E-state index in [1.165, 1.54) is 18.4 Å². The Bertz CT molecular complexity index is 771. The molecular formula is C19H24N2O3. The molecule has 1 fully saturated rings. The highest BCUT2D eigenvalue weighted by Crippen LogP contribution is 2.37. The number of H-pyrrole nitrogens is 2. The standard InChI is InChI=1S/C19H24N2O3/c1-23-17-9-7-13(11-18(17)24-14-4-2-3-5-14)12-6-8-16-15(10-12)19(22)21-20-16/h7,9,11-12,14H,2-6,8,10H2,1H3,(H2,20,21,22). The lowest BCUT2D eigenvalue weighted by molar-refractivity contribution is 0.200. The Hall–Kier alpha value is -2.17. The highest BCUT2D eigenvalue weighted by molar-refractivity contribution is 5.45. The van der Waals surface area contributed by atoms with Crippen molar-refractivity contribution in [2.45, 2.75) is 57.0 Å². The average Bonchev–Trinajstić information content (AvgIpc) is 3.25. The molecule has 2 aliphatic carbocycles. The first-order valence-corrected chi connectivity index (χ1v) is 8.87. The number of methoxy groups -OCH3 is 1. The van der Waals surface area contributed by atoms with Crippen LogP contribution in [0.1, 0.15) is 54.8 Å². The van der Waals surface area contributed by atoms with Crippen LogP contribution in [-0.4, -0.2) is 23.4 Å². The number of rotatable bonds is 4. The molecule has 2 aliphatic rings. The summed E-state index contributed by atoms with van der Waals surface area (Å²) in [6.45, 7) is 0. The minimum absolute atomic E-state index is 0.0191.